The summed E-state index contributed by atoms with van der Waals surface area (Å²) in [7, 11) is 0. The van der Waals surface area contributed by atoms with Gasteiger partial charge < -0.3 is 10.1 Å². The van der Waals surface area contributed by atoms with Gasteiger partial charge in [0.2, 0.25) is 5.88 Å². The predicted molar refractivity (Wildman–Crippen MR) is 82.9 cm³/mol. The molecule has 0 amide bonds. The molecule has 3 unspecified atom stereocenters. The van der Waals surface area contributed by atoms with Gasteiger partial charge in [0, 0.05) is 18.3 Å². The average molecular weight is 276 g/mol. The normalized spacial score (nSPS) is 28.1. The van der Waals surface area contributed by atoms with E-state index in [0.29, 0.717) is 12.1 Å². The SMILES string of the molecule is CCNC(C)c1ccnc(OC2CC(C)CC(C)C2)c1. The van der Waals surface area contributed by atoms with Crippen LogP contribution in [0.3, 0.4) is 0 Å². The smallest absolute Gasteiger partial charge is 0.213 e. The van der Waals surface area contributed by atoms with Crippen LogP contribution in [0.2, 0.25) is 0 Å². The zero-order valence-electron chi connectivity index (χ0n) is 13.2. The van der Waals surface area contributed by atoms with Gasteiger partial charge in [-0.2, -0.15) is 0 Å². The molecular weight excluding hydrogens is 248 g/mol. The Morgan fingerprint density at radius 1 is 1.30 bits per heavy atom. The first-order valence-electron chi connectivity index (χ1n) is 7.94. The van der Waals surface area contributed by atoms with Crippen LogP contribution in [0.5, 0.6) is 5.88 Å². The Hall–Kier alpha value is -1.09. The van der Waals surface area contributed by atoms with Crippen LogP contribution in [0, 0.1) is 11.8 Å². The molecule has 0 aliphatic heterocycles. The summed E-state index contributed by atoms with van der Waals surface area (Å²) < 4.78 is 6.13. The van der Waals surface area contributed by atoms with Crippen molar-refractivity contribution in [3.63, 3.8) is 0 Å². The van der Waals surface area contributed by atoms with Crippen molar-refractivity contribution >= 4 is 0 Å². The van der Waals surface area contributed by atoms with E-state index >= 15 is 0 Å². The highest BCUT2D eigenvalue weighted by Crippen LogP contribution is 2.31. The number of nitrogens with zero attached hydrogens (tertiary/aromatic N) is 1. The lowest BCUT2D eigenvalue weighted by atomic mass is 9.82. The minimum atomic E-state index is 0.325. The molecule has 0 spiro atoms. The van der Waals surface area contributed by atoms with E-state index < -0.39 is 0 Å². The lowest BCUT2D eigenvalue weighted by Crippen LogP contribution is -2.28. The second-order valence-electron chi connectivity index (χ2n) is 6.36. The minimum Gasteiger partial charge on any atom is -0.474 e. The van der Waals surface area contributed by atoms with Crippen LogP contribution >= 0.6 is 0 Å². The summed E-state index contributed by atoms with van der Waals surface area (Å²) in [5, 5.41) is 3.42. The van der Waals surface area contributed by atoms with Crippen LogP contribution in [0.25, 0.3) is 0 Å². The molecule has 1 fully saturated rings. The Kier molecular flexibility index (Phi) is 5.41. The van der Waals surface area contributed by atoms with Crippen molar-refractivity contribution in [3.05, 3.63) is 23.9 Å². The van der Waals surface area contributed by atoms with E-state index in [0.717, 1.165) is 37.1 Å². The summed E-state index contributed by atoms with van der Waals surface area (Å²) >= 11 is 0. The van der Waals surface area contributed by atoms with Gasteiger partial charge in [0.15, 0.2) is 0 Å². The number of rotatable bonds is 5. The molecular formula is C17H28N2O. The van der Waals surface area contributed by atoms with Gasteiger partial charge in [0.1, 0.15) is 6.10 Å². The van der Waals surface area contributed by atoms with Crippen LogP contribution in [0.1, 0.15) is 58.6 Å². The van der Waals surface area contributed by atoms with E-state index in [1.165, 1.54) is 12.0 Å². The molecule has 1 aliphatic rings. The van der Waals surface area contributed by atoms with Gasteiger partial charge in [-0.15, -0.1) is 0 Å². The van der Waals surface area contributed by atoms with E-state index in [-0.39, 0.29) is 0 Å². The predicted octanol–water partition coefficient (Wildman–Crippen LogP) is 3.96. The third kappa shape index (κ3) is 4.20. The van der Waals surface area contributed by atoms with E-state index in [1.54, 1.807) is 0 Å². The second-order valence-corrected chi connectivity index (χ2v) is 6.36. The van der Waals surface area contributed by atoms with Gasteiger partial charge in [-0.25, -0.2) is 4.98 Å². The molecule has 0 bridgehead atoms. The largest absolute Gasteiger partial charge is 0.474 e. The Balaban J connectivity index is 2.00. The Morgan fingerprint density at radius 3 is 2.65 bits per heavy atom. The summed E-state index contributed by atoms with van der Waals surface area (Å²) in [5.74, 6) is 2.29. The molecule has 1 aromatic rings. The standard InChI is InChI=1S/C17H28N2O/c1-5-18-14(4)15-6-7-19-17(11-15)20-16-9-12(2)8-13(3)10-16/h6-7,11-14,16,18H,5,8-10H2,1-4H3. The average Bonchev–Trinajstić information content (AvgIpc) is 2.38. The maximum absolute atomic E-state index is 6.13. The number of hydrogen-bond acceptors (Lipinski definition) is 3. The fourth-order valence-electron chi connectivity index (χ4n) is 3.32. The molecule has 0 radical (unpaired) electrons. The molecule has 20 heavy (non-hydrogen) atoms. The third-order valence-corrected chi connectivity index (χ3v) is 4.19. The fraction of sp³-hybridized carbons (Fsp3) is 0.706. The zero-order chi connectivity index (χ0) is 14.5. The number of nitrogens with one attached hydrogen (secondary N) is 1. The van der Waals surface area contributed by atoms with E-state index in [9.17, 15) is 0 Å². The molecule has 1 aromatic heterocycles. The highest BCUT2D eigenvalue weighted by Gasteiger charge is 2.25. The molecule has 0 aromatic carbocycles. The Morgan fingerprint density at radius 2 is 2.00 bits per heavy atom. The van der Waals surface area contributed by atoms with E-state index in [2.05, 4.69) is 50.1 Å². The fourth-order valence-corrected chi connectivity index (χ4v) is 3.32. The maximum atomic E-state index is 6.13. The zero-order valence-corrected chi connectivity index (χ0v) is 13.2. The van der Waals surface area contributed by atoms with Gasteiger partial charge >= 0.3 is 0 Å². The third-order valence-electron chi connectivity index (χ3n) is 4.19. The molecule has 1 N–H and O–H groups in total. The lowest BCUT2D eigenvalue weighted by molar-refractivity contribution is 0.0966. The molecule has 1 heterocycles. The van der Waals surface area contributed by atoms with Crippen LogP contribution in [-0.2, 0) is 0 Å². The Bertz CT molecular complexity index is 411. The van der Waals surface area contributed by atoms with Crippen molar-refractivity contribution in [1.82, 2.24) is 10.3 Å². The van der Waals surface area contributed by atoms with Crippen molar-refractivity contribution in [2.45, 2.75) is 59.1 Å². The topological polar surface area (TPSA) is 34.2 Å². The van der Waals surface area contributed by atoms with Crippen LogP contribution in [0.4, 0.5) is 0 Å². The van der Waals surface area contributed by atoms with Gasteiger partial charge in [-0.05, 0) is 56.2 Å². The van der Waals surface area contributed by atoms with E-state index in [1.807, 2.05) is 6.20 Å². The molecule has 3 nitrogen and oxygen atoms in total. The number of aromatic nitrogens is 1. The van der Waals surface area contributed by atoms with Crippen molar-refractivity contribution in [3.8, 4) is 5.88 Å². The van der Waals surface area contributed by atoms with Gasteiger partial charge in [-0.1, -0.05) is 20.8 Å². The van der Waals surface area contributed by atoms with Crippen LogP contribution in [0.15, 0.2) is 18.3 Å². The first-order valence-corrected chi connectivity index (χ1v) is 7.94. The maximum Gasteiger partial charge on any atom is 0.213 e. The minimum absolute atomic E-state index is 0.325. The van der Waals surface area contributed by atoms with E-state index in [4.69, 9.17) is 4.74 Å². The van der Waals surface area contributed by atoms with Crippen molar-refractivity contribution in [2.24, 2.45) is 11.8 Å². The molecule has 0 saturated heterocycles. The van der Waals surface area contributed by atoms with Crippen LogP contribution < -0.4 is 10.1 Å². The summed E-state index contributed by atoms with van der Waals surface area (Å²) in [6, 6.07) is 4.48. The lowest BCUT2D eigenvalue weighted by Gasteiger charge is -2.31. The Labute approximate surface area is 123 Å². The monoisotopic (exact) mass is 276 g/mol. The molecule has 1 aliphatic carbocycles. The van der Waals surface area contributed by atoms with Gasteiger partial charge in [-0.3, -0.25) is 0 Å². The molecule has 3 heteroatoms. The van der Waals surface area contributed by atoms with Crippen molar-refractivity contribution in [1.29, 1.82) is 0 Å². The highest BCUT2D eigenvalue weighted by atomic mass is 16.5. The van der Waals surface area contributed by atoms with Gasteiger partial charge in [0.25, 0.3) is 0 Å². The molecule has 3 atom stereocenters. The van der Waals surface area contributed by atoms with Crippen molar-refractivity contribution in [2.75, 3.05) is 6.54 Å². The summed E-state index contributed by atoms with van der Waals surface area (Å²) in [4.78, 5) is 4.38. The number of ether oxygens (including phenoxy) is 1. The molecule has 2 rings (SSSR count). The van der Waals surface area contributed by atoms with Crippen LogP contribution in [-0.4, -0.2) is 17.6 Å². The van der Waals surface area contributed by atoms with Gasteiger partial charge in [0.05, 0.1) is 0 Å². The molecule has 112 valence electrons. The first kappa shape index (κ1) is 15.3. The molecule has 1 saturated carbocycles. The summed E-state index contributed by atoms with van der Waals surface area (Å²) in [6.45, 7) is 9.91. The summed E-state index contributed by atoms with van der Waals surface area (Å²) in [5.41, 5.74) is 1.24. The first-order chi connectivity index (χ1) is 9.58. The quantitative estimate of drug-likeness (QED) is 0.884. The summed E-state index contributed by atoms with van der Waals surface area (Å²) in [6.07, 6.45) is 5.81. The number of hydrogen-bond donors (Lipinski definition) is 1. The number of pyridine rings is 1. The highest BCUT2D eigenvalue weighted by molar-refractivity contribution is 5.23. The second kappa shape index (κ2) is 7.07. The van der Waals surface area contributed by atoms with Crippen molar-refractivity contribution < 1.29 is 4.74 Å².